The number of carbonyl (C=O) groups excluding carboxylic acids is 1. The number of benzene rings is 2. The Hall–Kier alpha value is -2.49. The average molecular weight is 254 g/mol. The molecule has 1 aliphatic rings. The number of nitrogens with two attached hydrogens (primary N) is 1. The molecular formula is C15H14N2O2. The summed E-state index contributed by atoms with van der Waals surface area (Å²) in [5, 5.41) is 9.43. The van der Waals surface area contributed by atoms with E-state index in [1.165, 1.54) is 6.07 Å². The van der Waals surface area contributed by atoms with Gasteiger partial charge in [0.1, 0.15) is 5.75 Å². The number of phenols is 1. The van der Waals surface area contributed by atoms with Gasteiger partial charge in [0.15, 0.2) is 0 Å². The highest BCUT2D eigenvalue weighted by Crippen LogP contribution is 2.26. The number of anilines is 1. The summed E-state index contributed by atoms with van der Waals surface area (Å²) in [5.41, 5.74) is 9.18. The van der Waals surface area contributed by atoms with Crippen LogP contribution < -0.4 is 5.73 Å². The fourth-order valence-corrected chi connectivity index (χ4v) is 2.38. The van der Waals surface area contributed by atoms with Crippen molar-refractivity contribution in [1.82, 2.24) is 4.90 Å². The van der Waals surface area contributed by atoms with Gasteiger partial charge in [0, 0.05) is 24.3 Å². The van der Waals surface area contributed by atoms with E-state index in [-0.39, 0.29) is 11.7 Å². The first kappa shape index (κ1) is 11.6. The molecule has 2 aromatic rings. The molecule has 0 saturated carbocycles. The molecule has 0 radical (unpaired) electrons. The van der Waals surface area contributed by atoms with Crippen LogP contribution in [0.25, 0.3) is 0 Å². The van der Waals surface area contributed by atoms with Crippen molar-refractivity contribution < 1.29 is 9.90 Å². The van der Waals surface area contributed by atoms with E-state index in [9.17, 15) is 9.90 Å². The summed E-state index contributed by atoms with van der Waals surface area (Å²) >= 11 is 0. The number of nitrogen functional groups attached to an aromatic ring is 1. The minimum Gasteiger partial charge on any atom is -0.508 e. The van der Waals surface area contributed by atoms with Crippen molar-refractivity contribution in [3.8, 4) is 5.75 Å². The summed E-state index contributed by atoms with van der Waals surface area (Å²) < 4.78 is 0. The lowest BCUT2D eigenvalue weighted by molar-refractivity contribution is 0.0751. The van der Waals surface area contributed by atoms with Crippen LogP contribution in [-0.4, -0.2) is 15.9 Å². The van der Waals surface area contributed by atoms with Crippen LogP contribution in [0, 0.1) is 0 Å². The lowest BCUT2D eigenvalue weighted by atomic mass is 10.1. The SMILES string of the molecule is Nc1ccc2c(c1)CN(C(=O)c1cccc(O)c1)C2. The molecule has 0 spiro atoms. The van der Waals surface area contributed by atoms with Crippen molar-refractivity contribution in [1.29, 1.82) is 0 Å². The molecule has 4 heteroatoms. The molecule has 1 amide bonds. The number of aromatic hydroxyl groups is 1. The molecule has 3 N–H and O–H groups in total. The number of phenolic OH excluding ortho intramolecular Hbond substituents is 1. The Morgan fingerprint density at radius 3 is 2.68 bits per heavy atom. The van der Waals surface area contributed by atoms with E-state index in [0.29, 0.717) is 24.3 Å². The zero-order valence-electron chi connectivity index (χ0n) is 10.3. The fraction of sp³-hybridized carbons (Fsp3) is 0.133. The highest BCUT2D eigenvalue weighted by Gasteiger charge is 2.24. The zero-order chi connectivity index (χ0) is 13.4. The highest BCUT2D eigenvalue weighted by atomic mass is 16.3. The number of nitrogens with zero attached hydrogens (tertiary/aromatic N) is 1. The molecule has 1 aliphatic heterocycles. The van der Waals surface area contributed by atoms with Gasteiger partial charge in [0.25, 0.3) is 5.91 Å². The van der Waals surface area contributed by atoms with E-state index in [2.05, 4.69) is 0 Å². The summed E-state index contributed by atoms with van der Waals surface area (Å²) in [6, 6.07) is 12.1. The van der Waals surface area contributed by atoms with Gasteiger partial charge < -0.3 is 15.7 Å². The number of hydrogen-bond acceptors (Lipinski definition) is 3. The fourth-order valence-electron chi connectivity index (χ4n) is 2.38. The lowest BCUT2D eigenvalue weighted by Crippen LogP contribution is -2.25. The molecule has 4 nitrogen and oxygen atoms in total. The van der Waals surface area contributed by atoms with Crippen LogP contribution in [0.3, 0.4) is 0 Å². The van der Waals surface area contributed by atoms with Gasteiger partial charge in [-0.2, -0.15) is 0 Å². The summed E-state index contributed by atoms with van der Waals surface area (Å²) in [4.78, 5) is 14.1. The Labute approximate surface area is 111 Å². The van der Waals surface area contributed by atoms with Crippen LogP contribution in [0.1, 0.15) is 21.5 Å². The first-order valence-corrected chi connectivity index (χ1v) is 6.09. The molecule has 0 unspecified atom stereocenters. The Bertz CT molecular complexity index is 652. The molecule has 0 aromatic heterocycles. The van der Waals surface area contributed by atoms with Gasteiger partial charge >= 0.3 is 0 Å². The maximum Gasteiger partial charge on any atom is 0.254 e. The van der Waals surface area contributed by atoms with Crippen LogP contribution in [0.4, 0.5) is 5.69 Å². The largest absolute Gasteiger partial charge is 0.508 e. The minimum atomic E-state index is -0.0781. The van der Waals surface area contributed by atoms with Crippen LogP contribution in [0.5, 0.6) is 5.75 Å². The minimum absolute atomic E-state index is 0.0781. The predicted octanol–water partition coefficient (Wildman–Crippen LogP) is 2.13. The van der Waals surface area contributed by atoms with Gasteiger partial charge in [-0.3, -0.25) is 4.79 Å². The van der Waals surface area contributed by atoms with Gasteiger partial charge in [-0.1, -0.05) is 12.1 Å². The first-order chi connectivity index (χ1) is 9.13. The van der Waals surface area contributed by atoms with Crippen molar-refractivity contribution in [3.05, 3.63) is 59.2 Å². The van der Waals surface area contributed by atoms with Crippen LogP contribution in [-0.2, 0) is 13.1 Å². The molecule has 3 rings (SSSR count). The van der Waals surface area contributed by atoms with Crippen molar-refractivity contribution in [2.75, 3.05) is 5.73 Å². The summed E-state index contributed by atoms with van der Waals surface area (Å²) in [7, 11) is 0. The van der Waals surface area contributed by atoms with Crippen molar-refractivity contribution >= 4 is 11.6 Å². The third-order valence-electron chi connectivity index (χ3n) is 3.33. The Morgan fingerprint density at radius 1 is 1.11 bits per heavy atom. The molecule has 1 heterocycles. The number of amides is 1. The maximum absolute atomic E-state index is 12.3. The quantitative estimate of drug-likeness (QED) is 0.766. The number of hydrogen-bond donors (Lipinski definition) is 2. The molecule has 0 bridgehead atoms. The summed E-state index contributed by atoms with van der Waals surface area (Å²) in [6.45, 7) is 1.15. The van der Waals surface area contributed by atoms with Gasteiger partial charge in [-0.15, -0.1) is 0 Å². The normalized spacial score (nSPS) is 13.4. The highest BCUT2D eigenvalue weighted by molar-refractivity contribution is 5.94. The maximum atomic E-state index is 12.3. The Kier molecular flexibility index (Phi) is 2.63. The van der Waals surface area contributed by atoms with Gasteiger partial charge in [-0.25, -0.2) is 0 Å². The van der Waals surface area contributed by atoms with Crippen molar-refractivity contribution in [3.63, 3.8) is 0 Å². The number of fused-ring (bicyclic) bond motifs is 1. The van der Waals surface area contributed by atoms with Gasteiger partial charge in [-0.05, 0) is 41.5 Å². The molecule has 96 valence electrons. The second-order valence-corrected chi connectivity index (χ2v) is 4.74. The summed E-state index contributed by atoms with van der Waals surface area (Å²) in [6.07, 6.45) is 0. The van der Waals surface area contributed by atoms with E-state index in [0.717, 1.165) is 11.1 Å². The van der Waals surface area contributed by atoms with E-state index in [1.54, 1.807) is 23.1 Å². The molecule has 2 aromatic carbocycles. The Balaban J connectivity index is 1.85. The molecule has 0 atom stereocenters. The van der Waals surface area contributed by atoms with E-state index < -0.39 is 0 Å². The molecule has 0 saturated heterocycles. The van der Waals surface area contributed by atoms with E-state index in [1.807, 2.05) is 18.2 Å². The Morgan fingerprint density at radius 2 is 1.89 bits per heavy atom. The smallest absolute Gasteiger partial charge is 0.254 e. The third kappa shape index (κ3) is 2.12. The predicted molar refractivity (Wildman–Crippen MR) is 72.5 cm³/mol. The van der Waals surface area contributed by atoms with Gasteiger partial charge in [0.05, 0.1) is 0 Å². The standard InChI is InChI=1S/C15H14N2O2/c16-13-5-4-11-8-17(9-12(11)6-13)15(19)10-2-1-3-14(18)7-10/h1-7,18H,8-9,16H2. The molecular weight excluding hydrogens is 240 g/mol. The molecule has 19 heavy (non-hydrogen) atoms. The van der Waals surface area contributed by atoms with Crippen molar-refractivity contribution in [2.45, 2.75) is 13.1 Å². The lowest BCUT2D eigenvalue weighted by Gasteiger charge is -2.15. The van der Waals surface area contributed by atoms with E-state index >= 15 is 0 Å². The third-order valence-corrected chi connectivity index (χ3v) is 3.33. The van der Waals surface area contributed by atoms with Crippen LogP contribution in [0.15, 0.2) is 42.5 Å². The molecule has 0 aliphatic carbocycles. The van der Waals surface area contributed by atoms with Crippen LogP contribution in [0.2, 0.25) is 0 Å². The monoisotopic (exact) mass is 254 g/mol. The number of rotatable bonds is 1. The van der Waals surface area contributed by atoms with E-state index in [4.69, 9.17) is 5.73 Å². The second-order valence-electron chi connectivity index (χ2n) is 4.74. The second kappa shape index (κ2) is 4.31. The topological polar surface area (TPSA) is 66.6 Å². The summed E-state index contributed by atoms with van der Waals surface area (Å²) in [5.74, 6) is 0.0254. The molecule has 0 fully saturated rings. The van der Waals surface area contributed by atoms with Gasteiger partial charge in [0.2, 0.25) is 0 Å². The van der Waals surface area contributed by atoms with Crippen molar-refractivity contribution in [2.24, 2.45) is 0 Å². The van der Waals surface area contributed by atoms with Crippen LogP contribution >= 0.6 is 0 Å². The number of carbonyl (C=O) groups is 1. The average Bonchev–Trinajstić information content (AvgIpc) is 2.80. The first-order valence-electron chi connectivity index (χ1n) is 6.09. The zero-order valence-corrected chi connectivity index (χ0v) is 10.3.